The molecule has 0 bridgehead atoms. The normalized spacial score (nSPS) is 12.9. The molecule has 0 aliphatic heterocycles. The number of pyridine rings is 3. The molecule has 10 aromatic rings. The van der Waals surface area contributed by atoms with Crippen LogP contribution in [-0.2, 0) is 5.41 Å². The van der Waals surface area contributed by atoms with Crippen LogP contribution in [0.2, 0.25) is 0 Å². The van der Waals surface area contributed by atoms with Crippen LogP contribution in [0.4, 0.5) is 0 Å². The van der Waals surface area contributed by atoms with E-state index in [1.807, 2.05) is 12.1 Å². The topological polar surface area (TPSA) is 38.7 Å². The third kappa shape index (κ3) is 5.38. The summed E-state index contributed by atoms with van der Waals surface area (Å²) < 4.78 is 0. The summed E-state index contributed by atoms with van der Waals surface area (Å²) in [5.74, 6) is 0. The van der Waals surface area contributed by atoms with Crippen molar-refractivity contribution in [3.63, 3.8) is 0 Å². The van der Waals surface area contributed by atoms with Crippen LogP contribution >= 0.6 is 0 Å². The van der Waals surface area contributed by atoms with Crippen LogP contribution in [0.1, 0.15) is 25.0 Å². The molecule has 0 atom stereocenters. The molecule has 0 unspecified atom stereocenters. The molecular weight excluding hydrogens is 691 g/mol. The number of aromatic nitrogens is 3. The van der Waals surface area contributed by atoms with Crippen LogP contribution in [0.5, 0.6) is 0 Å². The lowest BCUT2D eigenvalue weighted by molar-refractivity contribution is 0.662. The van der Waals surface area contributed by atoms with Crippen LogP contribution in [0.15, 0.2) is 188 Å². The van der Waals surface area contributed by atoms with E-state index < -0.39 is 0 Å². The Labute approximate surface area is 332 Å². The smallest absolute Gasteiger partial charge is 0.0978 e. The highest BCUT2D eigenvalue weighted by Gasteiger charge is 2.39. The first-order chi connectivity index (χ1) is 28.0. The lowest BCUT2D eigenvalue weighted by Gasteiger charge is -2.25. The number of rotatable bonds is 5. The molecule has 7 aromatic carbocycles. The maximum Gasteiger partial charge on any atom is 0.0978 e. The molecule has 0 saturated carbocycles. The van der Waals surface area contributed by atoms with Crippen LogP contribution in [0, 0.1) is 0 Å². The monoisotopic (exact) mass is 727 g/mol. The average molecular weight is 728 g/mol. The van der Waals surface area contributed by atoms with Crippen molar-refractivity contribution in [2.75, 3.05) is 0 Å². The fourth-order valence-electron chi connectivity index (χ4n) is 9.05. The van der Waals surface area contributed by atoms with Crippen LogP contribution < -0.4 is 0 Å². The van der Waals surface area contributed by atoms with Gasteiger partial charge < -0.3 is 0 Å². The van der Waals surface area contributed by atoms with Crippen LogP contribution in [-0.4, -0.2) is 15.0 Å². The van der Waals surface area contributed by atoms with Gasteiger partial charge in [0.05, 0.1) is 33.6 Å². The van der Waals surface area contributed by atoms with Gasteiger partial charge in [-0.15, -0.1) is 0 Å². The van der Waals surface area contributed by atoms with Gasteiger partial charge in [-0.05, 0) is 87.0 Å². The molecule has 1 aliphatic rings. The first-order valence-electron chi connectivity index (χ1n) is 19.6. The fraction of sp³-hybridized carbons (Fsp3) is 0.0556. The van der Waals surface area contributed by atoms with Gasteiger partial charge in [0, 0.05) is 38.3 Å². The minimum absolute atomic E-state index is 0.198. The predicted octanol–water partition coefficient (Wildman–Crippen LogP) is 14.0. The lowest BCUT2D eigenvalue weighted by atomic mass is 9.78. The van der Waals surface area contributed by atoms with Gasteiger partial charge in [-0.3, -0.25) is 0 Å². The van der Waals surface area contributed by atoms with E-state index in [1.54, 1.807) is 0 Å². The Balaban J connectivity index is 1.08. The first kappa shape index (κ1) is 33.1. The van der Waals surface area contributed by atoms with E-state index >= 15 is 0 Å². The van der Waals surface area contributed by atoms with E-state index in [4.69, 9.17) is 15.0 Å². The fourth-order valence-corrected chi connectivity index (χ4v) is 9.05. The lowest BCUT2D eigenvalue weighted by Crippen LogP contribution is -2.16. The van der Waals surface area contributed by atoms with Gasteiger partial charge in [-0.25, -0.2) is 15.0 Å². The molecule has 0 saturated heterocycles. The Morgan fingerprint density at radius 2 is 0.965 bits per heavy atom. The minimum Gasteiger partial charge on any atom is -0.247 e. The Morgan fingerprint density at radius 1 is 0.386 bits per heavy atom. The molecule has 11 rings (SSSR count). The second-order valence-electron chi connectivity index (χ2n) is 15.6. The Kier molecular flexibility index (Phi) is 7.52. The quantitative estimate of drug-likeness (QED) is 0.166. The summed E-state index contributed by atoms with van der Waals surface area (Å²) in [7, 11) is 0. The maximum atomic E-state index is 5.33. The SMILES string of the molecule is CC1(C)c2ccccc2-c2nc3ccccc3c(-c3cccc(-c4cccc(-c5cc6ccc(-c7ccccc7)nc6c6nc(-c7ccccc7)ccc56)c4)c3)c21. The van der Waals surface area contributed by atoms with Gasteiger partial charge in [-0.2, -0.15) is 0 Å². The van der Waals surface area contributed by atoms with Gasteiger partial charge in [0.25, 0.3) is 0 Å². The molecule has 0 radical (unpaired) electrons. The van der Waals surface area contributed by atoms with Crippen molar-refractivity contribution >= 4 is 32.7 Å². The highest BCUT2D eigenvalue weighted by atomic mass is 14.8. The summed E-state index contributed by atoms with van der Waals surface area (Å²) in [5.41, 5.74) is 18.7. The van der Waals surface area contributed by atoms with E-state index in [9.17, 15) is 0 Å². The molecule has 0 fully saturated rings. The zero-order valence-electron chi connectivity index (χ0n) is 31.7. The van der Waals surface area contributed by atoms with Gasteiger partial charge in [0.2, 0.25) is 0 Å². The number of benzene rings is 7. The van der Waals surface area contributed by atoms with Crippen molar-refractivity contribution in [3.8, 4) is 67.2 Å². The molecule has 3 heterocycles. The molecule has 0 spiro atoms. The Morgan fingerprint density at radius 3 is 1.72 bits per heavy atom. The van der Waals surface area contributed by atoms with E-state index in [2.05, 4.69) is 190 Å². The largest absolute Gasteiger partial charge is 0.247 e. The molecular formula is C54H37N3. The van der Waals surface area contributed by atoms with Crippen molar-refractivity contribution in [2.24, 2.45) is 0 Å². The standard InChI is InChI=1S/C54H37N3/c1-54(2)45-25-11-9-23-42(45)52-50(54)49(43-24-10-12-26-48(43)57-52)39-22-14-20-37(32-39)36-19-13-21-38(31-36)44-33-40-27-29-46(34-15-5-3-6-16-34)55-51(40)53-41(44)28-30-47(56-53)35-17-7-4-8-18-35/h3-33H,1-2H3. The first-order valence-corrected chi connectivity index (χ1v) is 19.6. The number of nitrogens with zero attached hydrogens (tertiary/aromatic N) is 3. The van der Waals surface area contributed by atoms with E-state index in [0.717, 1.165) is 72.2 Å². The zero-order chi connectivity index (χ0) is 38.1. The zero-order valence-corrected chi connectivity index (χ0v) is 31.7. The maximum absolute atomic E-state index is 5.33. The Hall–Kier alpha value is -7.23. The number of para-hydroxylation sites is 1. The van der Waals surface area contributed by atoms with Crippen molar-refractivity contribution in [3.05, 3.63) is 199 Å². The second kappa shape index (κ2) is 12.9. The van der Waals surface area contributed by atoms with E-state index in [-0.39, 0.29) is 5.41 Å². The second-order valence-corrected chi connectivity index (χ2v) is 15.6. The summed E-state index contributed by atoms with van der Waals surface area (Å²) in [5, 5.41) is 3.31. The van der Waals surface area contributed by atoms with Crippen molar-refractivity contribution < 1.29 is 0 Å². The number of hydrogen-bond acceptors (Lipinski definition) is 3. The summed E-state index contributed by atoms with van der Waals surface area (Å²) >= 11 is 0. The van der Waals surface area contributed by atoms with Crippen molar-refractivity contribution in [1.82, 2.24) is 15.0 Å². The van der Waals surface area contributed by atoms with Crippen molar-refractivity contribution in [2.45, 2.75) is 19.3 Å². The minimum atomic E-state index is -0.198. The third-order valence-corrected chi connectivity index (χ3v) is 11.8. The van der Waals surface area contributed by atoms with Gasteiger partial charge >= 0.3 is 0 Å². The van der Waals surface area contributed by atoms with Crippen LogP contribution in [0.25, 0.3) is 99.9 Å². The molecule has 0 N–H and O–H groups in total. The van der Waals surface area contributed by atoms with Gasteiger partial charge in [-0.1, -0.05) is 159 Å². The summed E-state index contributed by atoms with van der Waals surface area (Å²) in [6, 6.07) is 67.1. The van der Waals surface area contributed by atoms with Gasteiger partial charge in [0.15, 0.2) is 0 Å². The van der Waals surface area contributed by atoms with Crippen LogP contribution in [0.3, 0.4) is 0 Å². The predicted molar refractivity (Wildman–Crippen MR) is 237 cm³/mol. The van der Waals surface area contributed by atoms with E-state index in [0.29, 0.717) is 0 Å². The highest BCUT2D eigenvalue weighted by Crippen LogP contribution is 2.53. The van der Waals surface area contributed by atoms with Gasteiger partial charge in [0.1, 0.15) is 0 Å². The number of hydrogen-bond donors (Lipinski definition) is 0. The molecule has 57 heavy (non-hydrogen) atoms. The highest BCUT2D eigenvalue weighted by molar-refractivity contribution is 6.11. The molecule has 1 aliphatic carbocycles. The third-order valence-electron chi connectivity index (χ3n) is 11.8. The van der Waals surface area contributed by atoms with E-state index in [1.165, 1.54) is 38.8 Å². The average Bonchev–Trinajstić information content (AvgIpc) is 3.50. The summed E-state index contributed by atoms with van der Waals surface area (Å²) in [4.78, 5) is 15.9. The molecule has 268 valence electrons. The molecule has 3 heteroatoms. The Bertz CT molecular complexity index is 3200. The molecule has 3 aromatic heterocycles. The summed E-state index contributed by atoms with van der Waals surface area (Å²) in [6.07, 6.45) is 0. The molecule has 3 nitrogen and oxygen atoms in total. The molecule has 0 amide bonds. The summed E-state index contributed by atoms with van der Waals surface area (Å²) in [6.45, 7) is 4.68. The number of fused-ring (bicyclic) bond motifs is 7. The van der Waals surface area contributed by atoms with Crippen molar-refractivity contribution in [1.29, 1.82) is 0 Å².